The van der Waals surface area contributed by atoms with Gasteiger partial charge in [0.1, 0.15) is 22.8 Å². The Bertz CT molecular complexity index is 1510. The molecule has 262 valence electrons. The molecule has 4 atom stereocenters. The third kappa shape index (κ3) is 8.11. The standard InChI is InChI=1S/C17H23ClN4O3.C14H17ClN4O3.CH4/c1-3-8-25-15-9-12(2)16(22(23)24)17-20(6-7-21(15)17)11-13-4-5-14(18)19-10-13;1-9-6-12(20)18-5-4-17(14(18)13(9)19(21)22)8-10-2-3-11(15)16-7-10;/h4-5,10,12,15H,3,6-9,11H2,1-2H3;2-3,7,9,12,20H,4-6,8H2,1H3;1H4. The highest BCUT2D eigenvalue weighted by atomic mass is 35.5. The van der Waals surface area contributed by atoms with Gasteiger partial charge >= 0.3 is 0 Å². The van der Waals surface area contributed by atoms with Crippen LogP contribution in [0.4, 0.5) is 0 Å². The molecule has 4 aliphatic rings. The number of fused-ring (bicyclic) bond motifs is 2. The molecule has 1 N–H and O–H groups in total. The summed E-state index contributed by atoms with van der Waals surface area (Å²) >= 11 is 11.6. The number of pyridine rings is 2. The van der Waals surface area contributed by atoms with E-state index in [1.165, 1.54) is 0 Å². The normalized spacial score (nSPS) is 23.4. The molecule has 0 bridgehead atoms. The highest BCUT2D eigenvalue weighted by molar-refractivity contribution is 6.29. The molecule has 2 saturated heterocycles. The number of allylic oxidation sites excluding steroid dienone is 2. The van der Waals surface area contributed by atoms with Crippen LogP contribution >= 0.6 is 23.2 Å². The van der Waals surface area contributed by atoms with Crippen LogP contribution in [-0.2, 0) is 17.8 Å². The van der Waals surface area contributed by atoms with Gasteiger partial charge in [-0.05, 0) is 29.7 Å². The van der Waals surface area contributed by atoms with Crippen molar-refractivity contribution in [2.45, 2.75) is 73.0 Å². The number of halogens is 2. The van der Waals surface area contributed by atoms with Gasteiger partial charge < -0.3 is 29.4 Å². The third-order valence-electron chi connectivity index (χ3n) is 8.82. The summed E-state index contributed by atoms with van der Waals surface area (Å²) in [6, 6.07) is 7.20. The highest BCUT2D eigenvalue weighted by Gasteiger charge is 2.46. The van der Waals surface area contributed by atoms with Crippen LogP contribution in [0.3, 0.4) is 0 Å². The lowest BCUT2D eigenvalue weighted by atomic mass is 9.98. The van der Waals surface area contributed by atoms with Crippen molar-refractivity contribution in [3.05, 3.63) is 101 Å². The van der Waals surface area contributed by atoms with E-state index in [-0.39, 0.29) is 46.7 Å². The molecule has 0 aromatic carbocycles. The van der Waals surface area contributed by atoms with Crippen LogP contribution in [0.2, 0.25) is 10.3 Å². The molecule has 0 saturated carbocycles. The van der Waals surface area contributed by atoms with Gasteiger partial charge in [0.15, 0.2) is 11.6 Å². The SMILES string of the molecule is C.CC1CC(O)N2CCN(Cc3ccc(Cl)nc3)C2=C1[N+](=O)[O-].CCCOC1CC(C)C([N+](=O)[O-])=C2N(Cc3ccc(Cl)nc3)CCN21. The minimum absolute atomic E-state index is 0. The van der Waals surface area contributed by atoms with Gasteiger partial charge in [-0.15, -0.1) is 0 Å². The van der Waals surface area contributed by atoms with E-state index in [4.69, 9.17) is 27.9 Å². The molecule has 0 radical (unpaired) electrons. The lowest BCUT2D eigenvalue weighted by Crippen LogP contribution is -2.43. The van der Waals surface area contributed by atoms with Crippen molar-refractivity contribution >= 4 is 23.2 Å². The summed E-state index contributed by atoms with van der Waals surface area (Å²) in [4.78, 5) is 38.5. The lowest BCUT2D eigenvalue weighted by Gasteiger charge is -2.37. The maximum atomic E-state index is 11.7. The second-order valence-corrected chi connectivity index (χ2v) is 13.0. The van der Waals surface area contributed by atoms with Crippen molar-refractivity contribution in [2.24, 2.45) is 11.8 Å². The van der Waals surface area contributed by atoms with E-state index in [1.807, 2.05) is 24.0 Å². The van der Waals surface area contributed by atoms with E-state index in [2.05, 4.69) is 26.7 Å². The summed E-state index contributed by atoms with van der Waals surface area (Å²) in [6.45, 7) is 10.2. The van der Waals surface area contributed by atoms with Crippen LogP contribution in [0.5, 0.6) is 0 Å². The number of ether oxygens (including phenoxy) is 1. The van der Waals surface area contributed by atoms with E-state index in [1.54, 1.807) is 36.4 Å². The molecule has 4 aliphatic heterocycles. The van der Waals surface area contributed by atoms with Crippen molar-refractivity contribution < 1.29 is 19.7 Å². The summed E-state index contributed by atoms with van der Waals surface area (Å²) in [7, 11) is 0. The molecule has 14 nitrogen and oxygen atoms in total. The van der Waals surface area contributed by atoms with Crippen molar-refractivity contribution in [1.82, 2.24) is 29.6 Å². The van der Waals surface area contributed by atoms with Crippen LogP contribution in [0.15, 0.2) is 59.7 Å². The summed E-state index contributed by atoms with van der Waals surface area (Å²) < 4.78 is 5.97. The predicted molar refractivity (Wildman–Crippen MR) is 181 cm³/mol. The van der Waals surface area contributed by atoms with Gasteiger partial charge in [0.05, 0.1) is 21.7 Å². The number of aliphatic hydroxyl groups excluding tert-OH is 1. The van der Waals surface area contributed by atoms with Crippen molar-refractivity contribution in [1.29, 1.82) is 0 Å². The number of rotatable bonds is 9. The fourth-order valence-electron chi connectivity index (χ4n) is 6.65. The van der Waals surface area contributed by atoms with E-state index >= 15 is 0 Å². The maximum absolute atomic E-state index is 11.7. The molecular weight excluding hydrogens is 663 g/mol. The molecule has 2 aromatic rings. The minimum atomic E-state index is -0.665. The van der Waals surface area contributed by atoms with Crippen LogP contribution in [-0.4, -0.2) is 89.8 Å². The number of nitro groups is 2. The quantitative estimate of drug-likeness (QED) is 0.202. The maximum Gasteiger partial charge on any atom is 0.289 e. The van der Waals surface area contributed by atoms with Crippen LogP contribution in [0, 0.1) is 32.1 Å². The summed E-state index contributed by atoms with van der Waals surface area (Å²) in [6.07, 6.45) is 4.59. The number of hydrogen-bond donors (Lipinski definition) is 1. The zero-order chi connectivity index (χ0) is 33.8. The Balaban J connectivity index is 0.000000214. The van der Waals surface area contributed by atoms with E-state index < -0.39 is 6.23 Å². The first kappa shape index (κ1) is 37.1. The second-order valence-electron chi connectivity index (χ2n) is 12.2. The average molecular weight is 708 g/mol. The number of aliphatic hydroxyl groups is 1. The van der Waals surface area contributed by atoms with Gasteiger partial charge in [0.25, 0.3) is 11.4 Å². The first-order chi connectivity index (χ1) is 22.5. The number of aromatic nitrogens is 2. The molecule has 6 rings (SSSR count). The fraction of sp³-hybridized carbons (Fsp3) is 0.562. The molecule has 4 unspecified atom stereocenters. The lowest BCUT2D eigenvalue weighted by molar-refractivity contribution is -0.439. The topological polar surface area (TPSA) is 154 Å². The zero-order valence-corrected chi connectivity index (χ0v) is 28.2. The van der Waals surface area contributed by atoms with Crippen LogP contribution in [0.1, 0.15) is 58.6 Å². The third-order valence-corrected chi connectivity index (χ3v) is 9.26. The van der Waals surface area contributed by atoms with Gasteiger partial charge in [0, 0.05) is 71.1 Å². The summed E-state index contributed by atoms with van der Waals surface area (Å²) in [5.41, 5.74) is 2.38. The predicted octanol–water partition coefficient (Wildman–Crippen LogP) is 5.38. The molecule has 2 fully saturated rings. The molecule has 0 aliphatic carbocycles. The minimum Gasteiger partial charge on any atom is -0.374 e. The van der Waals surface area contributed by atoms with E-state index in [0.717, 1.165) is 30.6 Å². The van der Waals surface area contributed by atoms with Gasteiger partial charge in [-0.1, -0.05) is 63.5 Å². The Morgan fingerprint density at radius 3 is 1.77 bits per heavy atom. The molecule has 6 heterocycles. The Labute approximate surface area is 290 Å². The molecule has 2 aromatic heterocycles. The van der Waals surface area contributed by atoms with Crippen molar-refractivity contribution in [3.63, 3.8) is 0 Å². The monoisotopic (exact) mass is 706 g/mol. The van der Waals surface area contributed by atoms with E-state index in [9.17, 15) is 25.3 Å². The van der Waals surface area contributed by atoms with Gasteiger partial charge in [-0.3, -0.25) is 20.2 Å². The number of hydrogen-bond acceptors (Lipinski definition) is 12. The largest absolute Gasteiger partial charge is 0.374 e. The summed E-state index contributed by atoms with van der Waals surface area (Å²) in [5, 5.41) is 34.2. The Morgan fingerprint density at radius 2 is 1.31 bits per heavy atom. The van der Waals surface area contributed by atoms with Gasteiger partial charge in [-0.25, -0.2) is 9.97 Å². The fourth-order valence-corrected chi connectivity index (χ4v) is 6.88. The molecule has 16 heteroatoms. The van der Waals surface area contributed by atoms with Crippen molar-refractivity contribution in [3.8, 4) is 0 Å². The van der Waals surface area contributed by atoms with Crippen LogP contribution in [0.25, 0.3) is 0 Å². The molecule has 0 amide bonds. The molecular formula is C32H44Cl2N8O6. The molecule has 0 spiro atoms. The van der Waals surface area contributed by atoms with Crippen molar-refractivity contribution in [2.75, 3.05) is 32.8 Å². The first-order valence-electron chi connectivity index (χ1n) is 15.8. The van der Waals surface area contributed by atoms with Crippen LogP contribution < -0.4 is 0 Å². The first-order valence-corrected chi connectivity index (χ1v) is 16.5. The van der Waals surface area contributed by atoms with Gasteiger partial charge in [0.2, 0.25) is 0 Å². The molecule has 48 heavy (non-hydrogen) atoms. The average Bonchev–Trinajstić information content (AvgIpc) is 3.63. The summed E-state index contributed by atoms with van der Waals surface area (Å²) in [5.74, 6) is 0.804. The second kappa shape index (κ2) is 16.1. The Morgan fingerprint density at radius 1 is 0.833 bits per heavy atom. The Kier molecular flexibility index (Phi) is 12.5. The van der Waals surface area contributed by atoms with E-state index in [0.29, 0.717) is 67.6 Å². The zero-order valence-electron chi connectivity index (χ0n) is 26.7. The van der Waals surface area contributed by atoms with Gasteiger partial charge in [-0.2, -0.15) is 0 Å². The Hall–Kier alpha value is -3.72. The smallest absolute Gasteiger partial charge is 0.289 e. The highest BCUT2D eigenvalue weighted by Crippen LogP contribution is 2.38. The number of nitrogens with zero attached hydrogens (tertiary/aromatic N) is 8.